The summed E-state index contributed by atoms with van der Waals surface area (Å²) < 4.78 is 2.07. The zero-order valence-electron chi connectivity index (χ0n) is 13.6. The summed E-state index contributed by atoms with van der Waals surface area (Å²) >= 11 is 0. The molecular weight excluding hydrogens is 248 g/mol. The first-order valence-corrected chi connectivity index (χ1v) is 7.96. The maximum Gasteiger partial charge on any atom is 0.0537 e. The van der Waals surface area contributed by atoms with E-state index in [1.54, 1.807) is 0 Å². The van der Waals surface area contributed by atoms with E-state index in [2.05, 4.69) is 67.1 Å². The highest BCUT2D eigenvalue weighted by atomic mass is 15.3. The standard InChI is InChI=1S/C16H30N4/c1-12(2)17-9-14-7-6-8-19(5)16(14)15-10-18-20(11-15)13(3)4/h10-14,16-17H,6-9H2,1-5H3. The number of likely N-dealkylation sites (tertiary alicyclic amines) is 1. The molecule has 1 N–H and O–H groups in total. The van der Waals surface area contributed by atoms with E-state index in [1.165, 1.54) is 24.9 Å². The molecular formula is C16H30N4. The number of nitrogens with zero attached hydrogens (tertiary/aromatic N) is 3. The van der Waals surface area contributed by atoms with Crippen LogP contribution in [0.2, 0.25) is 0 Å². The number of hydrogen-bond donors (Lipinski definition) is 1. The summed E-state index contributed by atoms with van der Waals surface area (Å²) in [7, 11) is 2.25. The molecule has 0 radical (unpaired) electrons. The number of nitrogens with one attached hydrogen (secondary N) is 1. The van der Waals surface area contributed by atoms with Crippen LogP contribution in [0.1, 0.15) is 58.2 Å². The Bertz CT molecular complexity index is 410. The predicted octanol–water partition coefficient (Wildman–Crippen LogP) is 2.84. The van der Waals surface area contributed by atoms with Gasteiger partial charge in [0.05, 0.1) is 6.20 Å². The zero-order chi connectivity index (χ0) is 14.7. The van der Waals surface area contributed by atoms with Crippen LogP contribution in [-0.4, -0.2) is 40.9 Å². The Balaban J connectivity index is 2.13. The molecule has 2 rings (SSSR count). The average molecular weight is 278 g/mol. The summed E-state index contributed by atoms with van der Waals surface area (Å²) in [6.07, 6.45) is 6.91. The second-order valence-corrected chi connectivity index (χ2v) is 6.74. The molecule has 0 aliphatic carbocycles. The number of hydrogen-bond acceptors (Lipinski definition) is 3. The van der Waals surface area contributed by atoms with Gasteiger partial charge in [0.15, 0.2) is 0 Å². The van der Waals surface area contributed by atoms with Crippen molar-refractivity contribution in [3.63, 3.8) is 0 Å². The van der Waals surface area contributed by atoms with Gasteiger partial charge in [0.2, 0.25) is 0 Å². The highest BCUT2D eigenvalue weighted by Crippen LogP contribution is 2.34. The molecule has 2 heterocycles. The molecule has 1 aliphatic heterocycles. The van der Waals surface area contributed by atoms with E-state index < -0.39 is 0 Å². The Morgan fingerprint density at radius 3 is 2.70 bits per heavy atom. The molecule has 1 aromatic rings. The third-order valence-corrected chi connectivity index (χ3v) is 4.29. The fourth-order valence-corrected chi connectivity index (χ4v) is 3.18. The van der Waals surface area contributed by atoms with Gasteiger partial charge in [-0.2, -0.15) is 5.10 Å². The number of rotatable bonds is 5. The van der Waals surface area contributed by atoms with E-state index >= 15 is 0 Å². The first-order valence-electron chi connectivity index (χ1n) is 7.96. The minimum Gasteiger partial charge on any atom is -0.314 e. The Morgan fingerprint density at radius 2 is 2.10 bits per heavy atom. The third-order valence-electron chi connectivity index (χ3n) is 4.29. The van der Waals surface area contributed by atoms with Gasteiger partial charge in [0.1, 0.15) is 0 Å². The normalized spacial score (nSPS) is 24.8. The van der Waals surface area contributed by atoms with Gasteiger partial charge >= 0.3 is 0 Å². The fourth-order valence-electron chi connectivity index (χ4n) is 3.18. The lowest BCUT2D eigenvalue weighted by molar-refractivity contribution is 0.118. The summed E-state index contributed by atoms with van der Waals surface area (Å²) in [5.74, 6) is 0.681. The Labute approximate surface area is 123 Å². The van der Waals surface area contributed by atoms with Crippen molar-refractivity contribution in [3.8, 4) is 0 Å². The van der Waals surface area contributed by atoms with Gasteiger partial charge < -0.3 is 5.32 Å². The zero-order valence-corrected chi connectivity index (χ0v) is 13.6. The van der Waals surface area contributed by atoms with E-state index in [-0.39, 0.29) is 0 Å². The van der Waals surface area contributed by atoms with Gasteiger partial charge in [-0.25, -0.2) is 0 Å². The van der Waals surface area contributed by atoms with Crippen LogP contribution >= 0.6 is 0 Å². The third kappa shape index (κ3) is 3.61. The lowest BCUT2D eigenvalue weighted by Crippen LogP contribution is -2.41. The van der Waals surface area contributed by atoms with E-state index in [4.69, 9.17) is 0 Å². The molecule has 0 aromatic carbocycles. The summed E-state index contributed by atoms with van der Waals surface area (Å²) in [5, 5.41) is 8.14. The molecule has 4 nitrogen and oxygen atoms in total. The van der Waals surface area contributed by atoms with Crippen LogP contribution < -0.4 is 5.32 Å². The van der Waals surface area contributed by atoms with Gasteiger partial charge in [0.25, 0.3) is 0 Å². The molecule has 1 fully saturated rings. The van der Waals surface area contributed by atoms with Crippen LogP contribution in [0, 0.1) is 5.92 Å². The lowest BCUT2D eigenvalue weighted by Gasteiger charge is -2.39. The van der Waals surface area contributed by atoms with Crippen molar-refractivity contribution < 1.29 is 0 Å². The molecule has 1 aliphatic rings. The van der Waals surface area contributed by atoms with Crippen molar-refractivity contribution in [1.82, 2.24) is 20.0 Å². The summed E-state index contributed by atoms with van der Waals surface area (Å²) in [5.41, 5.74) is 1.37. The quantitative estimate of drug-likeness (QED) is 0.899. The molecule has 2 unspecified atom stereocenters. The lowest BCUT2D eigenvalue weighted by atomic mass is 9.86. The average Bonchev–Trinajstić information content (AvgIpc) is 2.85. The van der Waals surface area contributed by atoms with E-state index in [9.17, 15) is 0 Å². The van der Waals surface area contributed by atoms with E-state index in [0.717, 1.165) is 6.54 Å². The highest BCUT2D eigenvalue weighted by molar-refractivity contribution is 5.13. The van der Waals surface area contributed by atoms with Crippen molar-refractivity contribution in [2.24, 2.45) is 5.92 Å². The monoisotopic (exact) mass is 278 g/mol. The molecule has 2 atom stereocenters. The van der Waals surface area contributed by atoms with Crippen LogP contribution in [0.5, 0.6) is 0 Å². The fraction of sp³-hybridized carbons (Fsp3) is 0.812. The van der Waals surface area contributed by atoms with Crippen LogP contribution in [0.15, 0.2) is 12.4 Å². The van der Waals surface area contributed by atoms with Crippen molar-refractivity contribution in [2.45, 2.75) is 58.7 Å². The van der Waals surface area contributed by atoms with Crippen molar-refractivity contribution >= 4 is 0 Å². The molecule has 4 heteroatoms. The topological polar surface area (TPSA) is 33.1 Å². The SMILES string of the molecule is CC(C)NCC1CCCN(C)C1c1cnn(C(C)C)c1. The predicted molar refractivity (Wildman–Crippen MR) is 83.8 cm³/mol. The smallest absolute Gasteiger partial charge is 0.0537 e. The Kier molecular flexibility index (Phi) is 5.22. The molecule has 1 aromatic heterocycles. The van der Waals surface area contributed by atoms with E-state index in [0.29, 0.717) is 24.0 Å². The van der Waals surface area contributed by atoms with Crippen LogP contribution in [0.4, 0.5) is 0 Å². The summed E-state index contributed by atoms with van der Waals surface area (Å²) in [6, 6.07) is 1.49. The summed E-state index contributed by atoms with van der Waals surface area (Å²) in [6.45, 7) is 11.1. The molecule has 0 spiro atoms. The highest BCUT2D eigenvalue weighted by Gasteiger charge is 2.31. The molecule has 20 heavy (non-hydrogen) atoms. The van der Waals surface area contributed by atoms with Crippen molar-refractivity contribution in [1.29, 1.82) is 0 Å². The minimum absolute atomic E-state index is 0.435. The number of piperidine rings is 1. The van der Waals surface area contributed by atoms with Crippen LogP contribution in [0.25, 0.3) is 0 Å². The summed E-state index contributed by atoms with van der Waals surface area (Å²) in [4.78, 5) is 2.50. The van der Waals surface area contributed by atoms with Crippen molar-refractivity contribution in [3.05, 3.63) is 18.0 Å². The van der Waals surface area contributed by atoms with Crippen LogP contribution in [-0.2, 0) is 0 Å². The Morgan fingerprint density at radius 1 is 1.35 bits per heavy atom. The molecule has 114 valence electrons. The van der Waals surface area contributed by atoms with E-state index in [1.807, 2.05) is 0 Å². The van der Waals surface area contributed by atoms with Crippen LogP contribution in [0.3, 0.4) is 0 Å². The second-order valence-electron chi connectivity index (χ2n) is 6.74. The maximum absolute atomic E-state index is 4.52. The largest absolute Gasteiger partial charge is 0.314 e. The first kappa shape index (κ1) is 15.5. The van der Waals surface area contributed by atoms with Gasteiger partial charge in [-0.05, 0) is 46.2 Å². The molecule has 0 amide bonds. The number of aromatic nitrogens is 2. The second kappa shape index (κ2) is 6.72. The Hall–Kier alpha value is -0.870. The van der Waals surface area contributed by atoms with Crippen molar-refractivity contribution in [2.75, 3.05) is 20.1 Å². The first-order chi connectivity index (χ1) is 9.49. The molecule has 0 saturated carbocycles. The van der Waals surface area contributed by atoms with Gasteiger partial charge in [0, 0.05) is 36.4 Å². The molecule has 1 saturated heterocycles. The minimum atomic E-state index is 0.435. The maximum atomic E-state index is 4.52. The molecule has 0 bridgehead atoms. The van der Waals surface area contributed by atoms with Gasteiger partial charge in [-0.3, -0.25) is 9.58 Å². The van der Waals surface area contributed by atoms with Gasteiger partial charge in [-0.15, -0.1) is 0 Å². The van der Waals surface area contributed by atoms with Gasteiger partial charge in [-0.1, -0.05) is 13.8 Å².